The van der Waals surface area contributed by atoms with Crippen LogP contribution in [0, 0.1) is 6.92 Å². The predicted octanol–water partition coefficient (Wildman–Crippen LogP) is 3.51. The normalized spacial score (nSPS) is 12.0. The standard InChI is InChI=1S/C16H20N2O3/c1-4-11(2)13-7-5-6-8-14(13)20-10-16(19)17-15-9-12(3)21-18-15/h5-9,11H,4,10H2,1-3H3,(H,17,18,19)/t11-/m0/s1. The van der Waals surface area contributed by atoms with Crippen LogP contribution >= 0.6 is 0 Å². The first-order chi connectivity index (χ1) is 10.1. The average molecular weight is 288 g/mol. The van der Waals surface area contributed by atoms with E-state index in [2.05, 4.69) is 24.3 Å². The Bertz CT molecular complexity index is 607. The molecule has 1 heterocycles. The van der Waals surface area contributed by atoms with Crippen molar-refractivity contribution in [1.82, 2.24) is 5.16 Å². The zero-order valence-electron chi connectivity index (χ0n) is 12.6. The van der Waals surface area contributed by atoms with Crippen molar-refractivity contribution in [3.63, 3.8) is 0 Å². The summed E-state index contributed by atoms with van der Waals surface area (Å²) in [5, 5.41) is 6.33. The summed E-state index contributed by atoms with van der Waals surface area (Å²) in [6.45, 7) is 5.97. The lowest BCUT2D eigenvalue weighted by Gasteiger charge is -2.15. The van der Waals surface area contributed by atoms with Crippen molar-refractivity contribution in [2.24, 2.45) is 0 Å². The fourth-order valence-corrected chi connectivity index (χ4v) is 1.99. The molecule has 1 N–H and O–H groups in total. The largest absolute Gasteiger partial charge is 0.483 e. The van der Waals surface area contributed by atoms with Crippen LogP contribution in [0.5, 0.6) is 5.75 Å². The highest BCUT2D eigenvalue weighted by Crippen LogP contribution is 2.28. The minimum atomic E-state index is -0.262. The monoisotopic (exact) mass is 288 g/mol. The molecule has 5 nitrogen and oxygen atoms in total. The van der Waals surface area contributed by atoms with Crippen LogP contribution in [0.2, 0.25) is 0 Å². The molecule has 0 aliphatic rings. The second-order valence-corrected chi connectivity index (χ2v) is 5.01. The maximum Gasteiger partial charge on any atom is 0.263 e. The van der Waals surface area contributed by atoms with Crippen molar-refractivity contribution < 1.29 is 14.1 Å². The summed E-state index contributed by atoms with van der Waals surface area (Å²) in [6, 6.07) is 9.45. The molecule has 0 fully saturated rings. The molecule has 1 atom stereocenters. The van der Waals surface area contributed by atoms with Gasteiger partial charge in [-0.05, 0) is 30.9 Å². The van der Waals surface area contributed by atoms with Gasteiger partial charge in [0, 0.05) is 6.07 Å². The number of nitrogens with zero attached hydrogens (tertiary/aromatic N) is 1. The molecule has 21 heavy (non-hydrogen) atoms. The van der Waals surface area contributed by atoms with Crippen LogP contribution in [0.15, 0.2) is 34.9 Å². The number of hydrogen-bond acceptors (Lipinski definition) is 4. The van der Waals surface area contributed by atoms with Crippen LogP contribution in [-0.2, 0) is 4.79 Å². The smallest absolute Gasteiger partial charge is 0.263 e. The van der Waals surface area contributed by atoms with Gasteiger partial charge in [-0.15, -0.1) is 0 Å². The van der Waals surface area contributed by atoms with E-state index in [1.54, 1.807) is 13.0 Å². The molecule has 0 aliphatic carbocycles. The summed E-state index contributed by atoms with van der Waals surface area (Å²) in [5.41, 5.74) is 1.12. The fourth-order valence-electron chi connectivity index (χ4n) is 1.99. The molecule has 0 saturated carbocycles. The minimum Gasteiger partial charge on any atom is -0.483 e. The van der Waals surface area contributed by atoms with Crippen molar-refractivity contribution in [3.05, 3.63) is 41.7 Å². The third-order valence-electron chi connectivity index (χ3n) is 3.32. The van der Waals surface area contributed by atoms with Gasteiger partial charge in [-0.1, -0.05) is 37.2 Å². The van der Waals surface area contributed by atoms with Gasteiger partial charge in [-0.2, -0.15) is 0 Å². The number of carbonyl (C=O) groups is 1. The first kappa shape index (κ1) is 15.1. The molecule has 0 saturated heterocycles. The van der Waals surface area contributed by atoms with Gasteiger partial charge in [0.1, 0.15) is 11.5 Å². The van der Waals surface area contributed by atoms with Gasteiger partial charge in [0.15, 0.2) is 12.4 Å². The highest BCUT2D eigenvalue weighted by Gasteiger charge is 2.12. The Kier molecular flexibility index (Phi) is 4.98. The van der Waals surface area contributed by atoms with E-state index < -0.39 is 0 Å². The van der Waals surface area contributed by atoms with E-state index >= 15 is 0 Å². The number of aromatic nitrogens is 1. The van der Waals surface area contributed by atoms with E-state index in [1.807, 2.05) is 24.3 Å². The molecule has 5 heteroatoms. The van der Waals surface area contributed by atoms with Crippen LogP contribution in [0.3, 0.4) is 0 Å². The first-order valence-electron chi connectivity index (χ1n) is 7.05. The van der Waals surface area contributed by atoms with E-state index in [0.29, 0.717) is 17.5 Å². The van der Waals surface area contributed by atoms with Gasteiger partial charge in [0.25, 0.3) is 5.91 Å². The maximum atomic E-state index is 11.8. The lowest BCUT2D eigenvalue weighted by atomic mass is 9.98. The van der Waals surface area contributed by atoms with E-state index in [4.69, 9.17) is 9.26 Å². The number of ether oxygens (including phenoxy) is 1. The molecule has 2 aromatic rings. The predicted molar refractivity (Wildman–Crippen MR) is 80.5 cm³/mol. The van der Waals surface area contributed by atoms with E-state index in [0.717, 1.165) is 17.7 Å². The van der Waals surface area contributed by atoms with E-state index in [1.165, 1.54) is 0 Å². The topological polar surface area (TPSA) is 64.4 Å². The second kappa shape index (κ2) is 6.92. The summed E-state index contributed by atoms with van der Waals surface area (Å²) in [5.74, 6) is 1.92. The van der Waals surface area contributed by atoms with Gasteiger partial charge in [-0.3, -0.25) is 4.79 Å². The second-order valence-electron chi connectivity index (χ2n) is 5.01. The zero-order chi connectivity index (χ0) is 15.2. The van der Waals surface area contributed by atoms with Crippen molar-refractivity contribution in [3.8, 4) is 5.75 Å². The number of anilines is 1. The molecule has 0 unspecified atom stereocenters. The zero-order valence-corrected chi connectivity index (χ0v) is 12.6. The number of carbonyl (C=O) groups excluding carboxylic acids is 1. The van der Waals surface area contributed by atoms with Gasteiger partial charge in [0.2, 0.25) is 0 Å². The Morgan fingerprint density at radius 1 is 1.43 bits per heavy atom. The number of para-hydroxylation sites is 1. The molecular weight excluding hydrogens is 268 g/mol. The number of hydrogen-bond donors (Lipinski definition) is 1. The molecule has 112 valence electrons. The van der Waals surface area contributed by atoms with Crippen LogP contribution in [0.4, 0.5) is 5.82 Å². The van der Waals surface area contributed by atoms with Crippen molar-refractivity contribution in [2.75, 3.05) is 11.9 Å². The lowest BCUT2D eigenvalue weighted by Crippen LogP contribution is -2.20. The van der Waals surface area contributed by atoms with E-state index in [9.17, 15) is 4.79 Å². The number of rotatable bonds is 6. The molecule has 2 rings (SSSR count). The molecule has 1 aromatic carbocycles. The van der Waals surface area contributed by atoms with Crippen molar-refractivity contribution >= 4 is 11.7 Å². The van der Waals surface area contributed by atoms with Crippen LogP contribution in [0.1, 0.15) is 37.5 Å². The van der Waals surface area contributed by atoms with Gasteiger partial charge in [0.05, 0.1) is 0 Å². The number of aryl methyl sites for hydroxylation is 1. The highest BCUT2D eigenvalue weighted by molar-refractivity contribution is 5.90. The molecule has 1 amide bonds. The number of nitrogens with one attached hydrogen (secondary N) is 1. The van der Waals surface area contributed by atoms with Crippen LogP contribution in [-0.4, -0.2) is 17.7 Å². The average Bonchev–Trinajstić information content (AvgIpc) is 2.89. The Morgan fingerprint density at radius 2 is 2.19 bits per heavy atom. The maximum absolute atomic E-state index is 11.8. The minimum absolute atomic E-state index is 0.0562. The number of amides is 1. The quantitative estimate of drug-likeness (QED) is 0.883. The van der Waals surface area contributed by atoms with Gasteiger partial charge in [-0.25, -0.2) is 0 Å². The van der Waals surface area contributed by atoms with Crippen LogP contribution in [0.25, 0.3) is 0 Å². The summed E-state index contributed by atoms with van der Waals surface area (Å²) in [6.07, 6.45) is 1.02. The Balaban J connectivity index is 1.95. The summed E-state index contributed by atoms with van der Waals surface area (Å²) >= 11 is 0. The Morgan fingerprint density at radius 3 is 2.86 bits per heavy atom. The molecular formula is C16H20N2O3. The Hall–Kier alpha value is -2.30. The highest BCUT2D eigenvalue weighted by atomic mass is 16.5. The summed E-state index contributed by atoms with van der Waals surface area (Å²) in [4.78, 5) is 11.8. The third kappa shape index (κ3) is 4.08. The molecule has 0 bridgehead atoms. The molecule has 1 aromatic heterocycles. The van der Waals surface area contributed by atoms with Crippen LogP contribution < -0.4 is 10.1 Å². The molecule has 0 aliphatic heterocycles. The lowest BCUT2D eigenvalue weighted by molar-refractivity contribution is -0.118. The summed E-state index contributed by atoms with van der Waals surface area (Å²) < 4.78 is 10.5. The van der Waals surface area contributed by atoms with Crippen molar-refractivity contribution in [2.45, 2.75) is 33.1 Å². The fraction of sp³-hybridized carbons (Fsp3) is 0.375. The van der Waals surface area contributed by atoms with Crippen molar-refractivity contribution in [1.29, 1.82) is 0 Å². The SMILES string of the molecule is CC[C@H](C)c1ccccc1OCC(=O)Nc1cc(C)on1. The van der Waals surface area contributed by atoms with Gasteiger partial charge < -0.3 is 14.6 Å². The molecule has 0 radical (unpaired) electrons. The Labute approximate surface area is 124 Å². The summed E-state index contributed by atoms with van der Waals surface area (Å²) in [7, 11) is 0. The van der Waals surface area contributed by atoms with E-state index in [-0.39, 0.29) is 12.5 Å². The first-order valence-corrected chi connectivity index (χ1v) is 7.05. The third-order valence-corrected chi connectivity index (χ3v) is 3.32. The molecule has 0 spiro atoms. The number of benzene rings is 1. The van der Waals surface area contributed by atoms with Gasteiger partial charge >= 0.3 is 0 Å².